The zero-order valence-corrected chi connectivity index (χ0v) is 11.0. The Kier molecular flexibility index (Phi) is 5.36. The normalized spacial score (nSPS) is 20.0. The van der Waals surface area contributed by atoms with Gasteiger partial charge in [0.1, 0.15) is 0 Å². The summed E-state index contributed by atoms with van der Waals surface area (Å²) in [5, 5.41) is 15.5. The predicted molar refractivity (Wildman–Crippen MR) is 66.1 cm³/mol. The Labute approximate surface area is 103 Å². The molecule has 1 saturated heterocycles. The van der Waals surface area contributed by atoms with Gasteiger partial charge in [0, 0.05) is 25.7 Å². The van der Waals surface area contributed by atoms with E-state index in [1.807, 2.05) is 6.92 Å². The molecule has 1 fully saturated rings. The molecule has 1 unspecified atom stereocenters. The first-order chi connectivity index (χ1) is 7.99. The zero-order valence-electron chi connectivity index (χ0n) is 11.0. The summed E-state index contributed by atoms with van der Waals surface area (Å²) in [6.07, 6.45) is 0.162. The maximum atomic E-state index is 10.9. The summed E-state index contributed by atoms with van der Waals surface area (Å²) in [7, 11) is 0. The van der Waals surface area contributed by atoms with Crippen LogP contribution in [0.4, 0.5) is 0 Å². The van der Waals surface area contributed by atoms with Crippen molar-refractivity contribution in [2.75, 3.05) is 26.3 Å². The summed E-state index contributed by atoms with van der Waals surface area (Å²) < 4.78 is 5.45. The molecule has 0 bridgehead atoms. The van der Waals surface area contributed by atoms with Gasteiger partial charge in [0.2, 0.25) is 0 Å². The van der Waals surface area contributed by atoms with Crippen molar-refractivity contribution in [1.82, 2.24) is 10.6 Å². The zero-order chi connectivity index (χ0) is 12.9. The first kappa shape index (κ1) is 14.4. The molecule has 0 saturated carbocycles. The van der Waals surface area contributed by atoms with Crippen LogP contribution in [-0.2, 0) is 9.53 Å². The fourth-order valence-electron chi connectivity index (χ4n) is 2.03. The lowest BCUT2D eigenvalue weighted by molar-refractivity contribution is -0.139. The maximum Gasteiger partial charge on any atom is 0.305 e. The van der Waals surface area contributed by atoms with Crippen molar-refractivity contribution in [2.45, 2.75) is 38.8 Å². The smallest absolute Gasteiger partial charge is 0.305 e. The number of hydrogen-bond acceptors (Lipinski definition) is 4. The Balaban J connectivity index is 2.53. The van der Waals surface area contributed by atoms with Crippen LogP contribution in [0.5, 0.6) is 0 Å². The summed E-state index contributed by atoms with van der Waals surface area (Å²) in [6.45, 7) is 8.97. The van der Waals surface area contributed by atoms with Gasteiger partial charge in [-0.15, -0.1) is 0 Å². The number of ether oxygens (including phenoxy) is 1. The van der Waals surface area contributed by atoms with Gasteiger partial charge in [-0.1, -0.05) is 13.8 Å². The topological polar surface area (TPSA) is 70.6 Å². The van der Waals surface area contributed by atoms with Crippen LogP contribution >= 0.6 is 0 Å². The second kappa shape index (κ2) is 6.33. The Morgan fingerprint density at radius 2 is 2.18 bits per heavy atom. The average molecular weight is 244 g/mol. The lowest BCUT2D eigenvalue weighted by Crippen LogP contribution is -2.71. The maximum absolute atomic E-state index is 10.9. The molecule has 1 heterocycles. The monoisotopic (exact) mass is 244 g/mol. The largest absolute Gasteiger partial charge is 0.481 e. The minimum absolute atomic E-state index is 0.162. The van der Waals surface area contributed by atoms with Crippen LogP contribution in [0, 0.1) is 5.92 Å². The summed E-state index contributed by atoms with van der Waals surface area (Å²) in [6, 6.07) is 0.205. The first-order valence-corrected chi connectivity index (χ1v) is 6.27. The minimum atomic E-state index is -0.752. The number of carbonyl (C=O) groups is 1. The van der Waals surface area contributed by atoms with E-state index in [0.29, 0.717) is 32.2 Å². The van der Waals surface area contributed by atoms with E-state index in [9.17, 15) is 4.79 Å². The van der Waals surface area contributed by atoms with Gasteiger partial charge < -0.3 is 20.5 Å². The van der Waals surface area contributed by atoms with Crippen LogP contribution in [0.15, 0.2) is 0 Å². The molecule has 1 rings (SSSR count). The highest BCUT2D eigenvalue weighted by molar-refractivity contribution is 5.68. The second-order valence-electron chi connectivity index (χ2n) is 5.11. The highest BCUT2D eigenvalue weighted by atomic mass is 16.5. The van der Waals surface area contributed by atoms with Gasteiger partial charge in [-0.3, -0.25) is 4.79 Å². The number of aliphatic carboxylic acids is 1. The minimum Gasteiger partial charge on any atom is -0.481 e. The Bertz CT molecular complexity index is 252. The van der Waals surface area contributed by atoms with Gasteiger partial charge in [0.05, 0.1) is 18.6 Å². The molecule has 0 aromatic carbocycles. The van der Waals surface area contributed by atoms with Crippen molar-refractivity contribution in [2.24, 2.45) is 5.92 Å². The van der Waals surface area contributed by atoms with Gasteiger partial charge in [-0.05, 0) is 12.8 Å². The molecule has 1 atom stereocenters. The third kappa shape index (κ3) is 4.26. The molecule has 0 aromatic heterocycles. The Morgan fingerprint density at radius 1 is 1.53 bits per heavy atom. The van der Waals surface area contributed by atoms with Crippen LogP contribution in [0.3, 0.4) is 0 Å². The summed E-state index contributed by atoms with van der Waals surface area (Å²) in [5.74, 6) is -0.328. The third-order valence-corrected chi connectivity index (χ3v) is 3.21. The van der Waals surface area contributed by atoms with Gasteiger partial charge >= 0.3 is 5.97 Å². The van der Waals surface area contributed by atoms with E-state index in [0.717, 1.165) is 0 Å². The van der Waals surface area contributed by atoms with Crippen LogP contribution in [0.25, 0.3) is 0 Å². The fourth-order valence-corrected chi connectivity index (χ4v) is 2.03. The molecule has 17 heavy (non-hydrogen) atoms. The standard InChI is InChI=1S/C12H24N2O3/c1-4-17-6-10(9(2)3)14-12(5-11(15)16)7-13-8-12/h9-10,13-14H,4-8H2,1-3H3,(H,15,16). The fraction of sp³-hybridized carbons (Fsp3) is 0.917. The number of rotatable bonds is 8. The van der Waals surface area contributed by atoms with Gasteiger partial charge in [0.25, 0.3) is 0 Å². The molecular weight excluding hydrogens is 220 g/mol. The molecule has 5 heteroatoms. The Morgan fingerprint density at radius 3 is 2.53 bits per heavy atom. The molecule has 1 aliphatic heterocycles. The number of nitrogens with one attached hydrogen (secondary N) is 2. The predicted octanol–water partition coefficient (Wildman–Crippen LogP) is 0.454. The van der Waals surface area contributed by atoms with E-state index in [1.165, 1.54) is 0 Å². The van der Waals surface area contributed by atoms with Gasteiger partial charge in [-0.25, -0.2) is 0 Å². The lowest BCUT2D eigenvalue weighted by Gasteiger charge is -2.45. The van der Waals surface area contributed by atoms with Gasteiger partial charge in [0.15, 0.2) is 0 Å². The lowest BCUT2D eigenvalue weighted by atomic mass is 9.86. The van der Waals surface area contributed by atoms with Crippen molar-refractivity contribution >= 4 is 5.97 Å². The Hall–Kier alpha value is -0.650. The SMILES string of the molecule is CCOCC(NC1(CC(=O)O)CNC1)C(C)C. The number of carboxylic acids is 1. The van der Waals surface area contributed by atoms with Crippen molar-refractivity contribution in [3.63, 3.8) is 0 Å². The quantitative estimate of drug-likeness (QED) is 0.578. The van der Waals surface area contributed by atoms with Crippen molar-refractivity contribution in [3.8, 4) is 0 Å². The number of carboxylic acid groups (broad SMARTS) is 1. The van der Waals surface area contributed by atoms with Crippen molar-refractivity contribution in [1.29, 1.82) is 0 Å². The van der Waals surface area contributed by atoms with Crippen molar-refractivity contribution in [3.05, 3.63) is 0 Å². The molecule has 100 valence electrons. The molecule has 0 amide bonds. The molecular formula is C12H24N2O3. The van der Waals surface area contributed by atoms with E-state index in [-0.39, 0.29) is 18.0 Å². The highest BCUT2D eigenvalue weighted by Crippen LogP contribution is 2.19. The van der Waals surface area contributed by atoms with E-state index < -0.39 is 5.97 Å². The third-order valence-electron chi connectivity index (χ3n) is 3.21. The molecule has 0 radical (unpaired) electrons. The molecule has 0 aliphatic carbocycles. The van der Waals surface area contributed by atoms with Crippen LogP contribution in [0.1, 0.15) is 27.2 Å². The molecule has 0 aromatic rings. The van der Waals surface area contributed by atoms with Crippen LogP contribution in [0.2, 0.25) is 0 Å². The molecule has 0 spiro atoms. The van der Waals surface area contributed by atoms with E-state index >= 15 is 0 Å². The number of hydrogen-bond donors (Lipinski definition) is 3. The van der Waals surface area contributed by atoms with Crippen molar-refractivity contribution < 1.29 is 14.6 Å². The van der Waals surface area contributed by atoms with Gasteiger partial charge in [-0.2, -0.15) is 0 Å². The van der Waals surface area contributed by atoms with E-state index in [1.54, 1.807) is 0 Å². The summed E-state index contributed by atoms with van der Waals surface area (Å²) >= 11 is 0. The highest BCUT2D eigenvalue weighted by Gasteiger charge is 2.40. The molecule has 1 aliphatic rings. The van der Waals surface area contributed by atoms with E-state index in [4.69, 9.17) is 9.84 Å². The molecule has 5 nitrogen and oxygen atoms in total. The second-order valence-corrected chi connectivity index (χ2v) is 5.11. The first-order valence-electron chi connectivity index (χ1n) is 6.27. The van der Waals surface area contributed by atoms with E-state index in [2.05, 4.69) is 24.5 Å². The molecule has 3 N–H and O–H groups in total. The van der Waals surface area contributed by atoms with Crippen LogP contribution < -0.4 is 10.6 Å². The average Bonchev–Trinajstić information content (AvgIpc) is 2.19. The summed E-state index contributed by atoms with van der Waals surface area (Å²) in [5.41, 5.74) is -0.294. The summed E-state index contributed by atoms with van der Waals surface area (Å²) in [4.78, 5) is 10.9. The van der Waals surface area contributed by atoms with Crippen LogP contribution in [-0.4, -0.2) is 49.0 Å².